The van der Waals surface area contributed by atoms with Crippen molar-refractivity contribution in [2.24, 2.45) is 0 Å². The number of nitrogens with one attached hydrogen (secondary N) is 1. The van der Waals surface area contributed by atoms with Crippen molar-refractivity contribution in [1.82, 2.24) is 5.32 Å². The number of ether oxygens (including phenoxy) is 1. The lowest BCUT2D eigenvalue weighted by Crippen LogP contribution is -2.22. The molecule has 0 aromatic heterocycles. The van der Waals surface area contributed by atoms with Gasteiger partial charge in [0.1, 0.15) is 0 Å². The van der Waals surface area contributed by atoms with E-state index in [-0.39, 0.29) is 0 Å². The molecule has 0 fully saturated rings. The molecule has 1 aromatic rings. The Bertz CT molecular complexity index is 425. The van der Waals surface area contributed by atoms with Gasteiger partial charge in [0.25, 0.3) is 0 Å². The van der Waals surface area contributed by atoms with Gasteiger partial charge in [-0.05, 0) is 43.0 Å². The molecule has 1 aromatic carbocycles. The quantitative estimate of drug-likeness (QED) is 0.771. The fraction of sp³-hybridized carbons (Fsp3) is 0.500. The Hall–Kier alpha value is -1.12. The maximum Gasteiger partial charge on any atom is 0.0725 e. The second-order valence-corrected chi connectivity index (χ2v) is 5.19. The Balaban J connectivity index is 2.15. The fourth-order valence-electron chi connectivity index (χ4n) is 2.38. The monoisotopic (exact) mass is 245 g/mol. The van der Waals surface area contributed by atoms with Gasteiger partial charge < -0.3 is 10.1 Å². The first kappa shape index (κ1) is 13.3. The van der Waals surface area contributed by atoms with Crippen molar-refractivity contribution in [1.29, 1.82) is 0 Å². The molecule has 2 heteroatoms. The molecule has 1 aliphatic rings. The molecule has 0 aliphatic carbocycles. The summed E-state index contributed by atoms with van der Waals surface area (Å²) in [6.45, 7) is 10.9. The summed E-state index contributed by atoms with van der Waals surface area (Å²) < 4.78 is 5.47. The van der Waals surface area contributed by atoms with Crippen LogP contribution in [0.4, 0.5) is 0 Å². The normalized spacial score (nSPS) is 15.4. The Morgan fingerprint density at radius 3 is 2.89 bits per heavy atom. The predicted octanol–water partition coefficient (Wildman–Crippen LogP) is 3.72. The summed E-state index contributed by atoms with van der Waals surface area (Å²) in [6.07, 6.45) is 2.15. The Morgan fingerprint density at radius 1 is 1.39 bits per heavy atom. The predicted molar refractivity (Wildman–Crippen MR) is 75.4 cm³/mol. The van der Waals surface area contributed by atoms with Crippen molar-refractivity contribution < 1.29 is 4.74 Å². The SMILES string of the molecule is C=C(C)CC(NCCC)c1ccc2c(c1)COC2. The van der Waals surface area contributed by atoms with Crippen LogP contribution in [0.5, 0.6) is 0 Å². The Kier molecular flexibility index (Phi) is 4.56. The topological polar surface area (TPSA) is 21.3 Å². The summed E-state index contributed by atoms with van der Waals surface area (Å²) in [7, 11) is 0. The van der Waals surface area contributed by atoms with Gasteiger partial charge in [0.05, 0.1) is 13.2 Å². The van der Waals surface area contributed by atoms with E-state index in [1.54, 1.807) is 0 Å². The Morgan fingerprint density at radius 2 is 2.17 bits per heavy atom. The van der Waals surface area contributed by atoms with E-state index in [9.17, 15) is 0 Å². The molecule has 1 heterocycles. The van der Waals surface area contributed by atoms with E-state index >= 15 is 0 Å². The molecule has 0 bridgehead atoms. The van der Waals surface area contributed by atoms with Crippen LogP contribution in [0.3, 0.4) is 0 Å². The molecule has 98 valence electrons. The van der Waals surface area contributed by atoms with Crippen LogP contribution in [0.2, 0.25) is 0 Å². The smallest absolute Gasteiger partial charge is 0.0725 e. The van der Waals surface area contributed by atoms with Crippen molar-refractivity contribution >= 4 is 0 Å². The number of rotatable bonds is 6. The van der Waals surface area contributed by atoms with Crippen LogP contribution in [-0.2, 0) is 18.0 Å². The highest BCUT2D eigenvalue weighted by Crippen LogP contribution is 2.26. The van der Waals surface area contributed by atoms with Gasteiger partial charge in [-0.15, -0.1) is 6.58 Å². The minimum Gasteiger partial charge on any atom is -0.372 e. The first-order valence-electron chi connectivity index (χ1n) is 6.78. The average Bonchev–Trinajstić information content (AvgIpc) is 2.81. The minimum atomic E-state index is 0.383. The van der Waals surface area contributed by atoms with Gasteiger partial charge in [-0.2, -0.15) is 0 Å². The van der Waals surface area contributed by atoms with Crippen LogP contribution in [0.1, 0.15) is 49.4 Å². The second-order valence-electron chi connectivity index (χ2n) is 5.19. The van der Waals surface area contributed by atoms with Crippen LogP contribution in [-0.4, -0.2) is 6.54 Å². The fourth-order valence-corrected chi connectivity index (χ4v) is 2.38. The van der Waals surface area contributed by atoms with E-state index in [1.807, 2.05) is 0 Å². The van der Waals surface area contributed by atoms with Crippen LogP contribution in [0.25, 0.3) is 0 Å². The molecule has 2 nitrogen and oxygen atoms in total. The lowest BCUT2D eigenvalue weighted by atomic mass is 9.97. The molecule has 0 saturated carbocycles. The van der Waals surface area contributed by atoms with Crippen LogP contribution in [0.15, 0.2) is 30.4 Å². The molecular formula is C16H23NO. The van der Waals surface area contributed by atoms with E-state index in [1.165, 1.54) is 22.3 Å². The summed E-state index contributed by atoms with van der Waals surface area (Å²) in [6, 6.07) is 7.10. The zero-order chi connectivity index (χ0) is 13.0. The first-order valence-corrected chi connectivity index (χ1v) is 6.78. The van der Waals surface area contributed by atoms with Gasteiger partial charge in [-0.1, -0.05) is 30.7 Å². The summed E-state index contributed by atoms with van der Waals surface area (Å²) in [5.41, 5.74) is 5.26. The van der Waals surface area contributed by atoms with Gasteiger partial charge in [-0.3, -0.25) is 0 Å². The van der Waals surface area contributed by atoms with Gasteiger partial charge in [-0.25, -0.2) is 0 Å². The summed E-state index contributed by atoms with van der Waals surface area (Å²) in [4.78, 5) is 0. The Labute approximate surface area is 110 Å². The molecule has 0 amide bonds. The van der Waals surface area contributed by atoms with Crippen molar-refractivity contribution in [3.63, 3.8) is 0 Å². The maximum absolute atomic E-state index is 5.47. The van der Waals surface area contributed by atoms with E-state index in [4.69, 9.17) is 4.74 Å². The van der Waals surface area contributed by atoms with E-state index < -0.39 is 0 Å². The number of hydrogen-bond acceptors (Lipinski definition) is 2. The third-order valence-corrected chi connectivity index (χ3v) is 3.34. The third kappa shape index (κ3) is 3.21. The van der Waals surface area contributed by atoms with Gasteiger partial charge >= 0.3 is 0 Å². The molecular weight excluding hydrogens is 222 g/mol. The van der Waals surface area contributed by atoms with E-state index in [0.29, 0.717) is 6.04 Å². The minimum absolute atomic E-state index is 0.383. The molecule has 18 heavy (non-hydrogen) atoms. The van der Waals surface area contributed by atoms with Crippen LogP contribution >= 0.6 is 0 Å². The summed E-state index contributed by atoms with van der Waals surface area (Å²) in [5.74, 6) is 0. The molecule has 1 atom stereocenters. The van der Waals surface area contributed by atoms with Gasteiger partial charge in [0.2, 0.25) is 0 Å². The van der Waals surface area contributed by atoms with E-state index in [0.717, 1.165) is 32.6 Å². The van der Waals surface area contributed by atoms with Gasteiger partial charge in [0.15, 0.2) is 0 Å². The molecule has 1 unspecified atom stereocenters. The van der Waals surface area contributed by atoms with Crippen LogP contribution in [0, 0.1) is 0 Å². The zero-order valence-electron chi connectivity index (χ0n) is 11.5. The standard InChI is InChI=1S/C16H23NO/c1-4-7-17-16(8-12(2)3)13-5-6-14-10-18-11-15(14)9-13/h5-6,9,16-17H,2,4,7-8,10-11H2,1,3H3. The first-order chi connectivity index (χ1) is 8.70. The maximum atomic E-state index is 5.47. The third-order valence-electron chi connectivity index (χ3n) is 3.34. The second kappa shape index (κ2) is 6.17. The van der Waals surface area contributed by atoms with Gasteiger partial charge in [0, 0.05) is 6.04 Å². The molecule has 1 N–H and O–H groups in total. The van der Waals surface area contributed by atoms with E-state index in [2.05, 4.69) is 43.9 Å². The summed E-state index contributed by atoms with van der Waals surface area (Å²) >= 11 is 0. The van der Waals surface area contributed by atoms with Crippen molar-refractivity contribution in [3.05, 3.63) is 47.0 Å². The number of benzene rings is 1. The summed E-state index contributed by atoms with van der Waals surface area (Å²) in [5, 5.41) is 3.61. The van der Waals surface area contributed by atoms with Crippen molar-refractivity contribution in [3.8, 4) is 0 Å². The molecule has 0 saturated heterocycles. The average molecular weight is 245 g/mol. The highest BCUT2D eigenvalue weighted by atomic mass is 16.5. The van der Waals surface area contributed by atoms with Crippen LogP contribution < -0.4 is 5.32 Å². The molecule has 1 aliphatic heterocycles. The largest absolute Gasteiger partial charge is 0.372 e. The molecule has 2 rings (SSSR count). The van der Waals surface area contributed by atoms with Crippen molar-refractivity contribution in [2.75, 3.05) is 6.54 Å². The zero-order valence-corrected chi connectivity index (χ0v) is 11.5. The highest BCUT2D eigenvalue weighted by Gasteiger charge is 2.16. The van der Waals surface area contributed by atoms with Crippen molar-refractivity contribution in [2.45, 2.75) is 45.9 Å². The lowest BCUT2D eigenvalue weighted by molar-refractivity contribution is 0.134. The highest BCUT2D eigenvalue weighted by molar-refractivity contribution is 5.35. The molecule has 0 radical (unpaired) electrons. The number of fused-ring (bicyclic) bond motifs is 1. The number of hydrogen-bond donors (Lipinski definition) is 1. The molecule has 0 spiro atoms. The lowest BCUT2D eigenvalue weighted by Gasteiger charge is -2.20.